The fourth-order valence-corrected chi connectivity index (χ4v) is 2.65. The molecule has 3 aromatic rings. The molecule has 0 bridgehead atoms. The van der Waals surface area contributed by atoms with Crippen LogP contribution in [0.5, 0.6) is 0 Å². The van der Waals surface area contributed by atoms with Crippen molar-refractivity contribution in [2.45, 2.75) is 6.04 Å². The highest BCUT2D eigenvalue weighted by Gasteiger charge is 2.24. The Kier molecular flexibility index (Phi) is 4.79. The Bertz CT molecular complexity index is 950. The number of aromatic nitrogens is 2. The van der Waals surface area contributed by atoms with Gasteiger partial charge in [-0.05, 0) is 30.3 Å². The maximum Gasteiger partial charge on any atom is 0.252 e. The summed E-state index contributed by atoms with van der Waals surface area (Å²) in [4.78, 5) is 28.0. The number of primary amides is 1. The second kappa shape index (κ2) is 7.18. The predicted molar refractivity (Wildman–Crippen MR) is 93.9 cm³/mol. The zero-order valence-corrected chi connectivity index (χ0v) is 14.0. The molecule has 132 valence electrons. The highest BCUT2D eigenvalue weighted by Crippen LogP contribution is 2.23. The highest BCUT2D eigenvalue weighted by molar-refractivity contribution is 5.97. The number of carbonyl (C=O) groups excluding carboxylic acids is 2. The molecule has 3 N–H and O–H groups in total. The number of hydrogen-bond donors (Lipinski definition) is 2. The fourth-order valence-electron chi connectivity index (χ4n) is 2.65. The lowest BCUT2D eigenvalue weighted by Gasteiger charge is -2.20. The lowest BCUT2D eigenvalue weighted by molar-refractivity contribution is 0.0938. The quantitative estimate of drug-likeness (QED) is 0.737. The van der Waals surface area contributed by atoms with Crippen LogP contribution in [0.3, 0.4) is 0 Å². The van der Waals surface area contributed by atoms with Crippen molar-refractivity contribution in [1.29, 1.82) is 0 Å². The zero-order chi connectivity index (χ0) is 18.7. The maximum atomic E-state index is 14.3. The van der Waals surface area contributed by atoms with Gasteiger partial charge in [-0.3, -0.25) is 9.59 Å². The molecule has 3 rings (SSSR count). The van der Waals surface area contributed by atoms with Gasteiger partial charge in [-0.1, -0.05) is 18.2 Å². The van der Waals surface area contributed by atoms with Gasteiger partial charge in [-0.2, -0.15) is 0 Å². The first-order valence-electron chi connectivity index (χ1n) is 7.89. The number of halogens is 1. The first kappa shape index (κ1) is 17.3. The molecule has 0 radical (unpaired) electrons. The maximum absolute atomic E-state index is 14.3. The van der Waals surface area contributed by atoms with E-state index in [9.17, 15) is 14.0 Å². The third-order valence-electron chi connectivity index (χ3n) is 4.04. The van der Waals surface area contributed by atoms with Crippen LogP contribution in [0.15, 0.2) is 60.9 Å². The molecule has 1 atom stereocenters. The fraction of sp³-hybridized carbons (Fsp3) is 0.105. The number of hydrogen-bond acceptors (Lipinski definition) is 3. The van der Waals surface area contributed by atoms with E-state index in [2.05, 4.69) is 10.3 Å². The molecule has 26 heavy (non-hydrogen) atoms. The van der Waals surface area contributed by atoms with E-state index in [-0.39, 0.29) is 0 Å². The van der Waals surface area contributed by atoms with Crippen LogP contribution >= 0.6 is 0 Å². The van der Waals surface area contributed by atoms with E-state index in [0.717, 1.165) is 0 Å². The Hall–Kier alpha value is -3.48. The van der Waals surface area contributed by atoms with E-state index in [1.165, 1.54) is 30.3 Å². The summed E-state index contributed by atoms with van der Waals surface area (Å²) >= 11 is 0. The molecule has 0 unspecified atom stereocenters. The molecule has 7 heteroatoms. The number of nitrogens with one attached hydrogen (secondary N) is 1. The van der Waals surface area contributed by atoms with E-state index in [4.69, 9.17) is 5.73 Å². The van der Waals surface area contributed by atoms with Crippen molar-refractivity contribution in [3.8, 4) is 0 Å². The van der Waals surface area contributed by atoms with E-state index in [0.29, 0.717) is 22.5 Å². The Morgan fingerprint density at radius 1 is 1.12 bits per heavy atom. The van der Waals surface area contributed by atoms with Crippen LogP contribution in [0, 0.1) is 5.82 Å². The van der Waals surface area contributed by atoms with Crippen LogP contribution in [0.25, 0.3) is 0 Å². The molecule has 0 spiro atoms. The summed E-state index contributed by atoms with van der Waals surface area (Å²) in [6, 6.07) is 11.4. The Morgan fingerprint density at radius 3 is 2.35 bits per heavy atom. The van der Waals surface area contributed by atoms with Gasteiger partial charge in [0.25, 0.3) is 5.91 Å². The predicted octanol–water partition coefficient (Wildman–Crippen LogP) is 2.18. The third kappa shape index (κ3) is 3.46. The molecule has 0 saturated carbocycles. The lowest BCUT2D eigenvalue weighted by Crippen LogP contribution is -2.31. The van der Waals surface area contributed by atoms with Gasteiger partial charge < -0.3 is 15.6 Å². The number of benzene rings is 2. The summed E-state index contributed by atoms with van der Waals surface area (Å²) in [5.41, 5.74) is 6.14. The first-order chi connectivity index (χ1) is 12.5. The van der Waals surface area contributed by atoms with Gasteiger partial charge in [0, 0.05) is 36.1 Å². The van der Waals surface area contributed by atoms with Crippen molar-refractivity contribution >= 4 is 11.8 Å². The standard InChI is InChI=1S/C19H17FN4O2/c1-24-11-10-22-18(24)16(14-4-2-3-5-15(14)20)23-19(26)13-8-6-12(7-9-13)17(21)25/h2-11,16H,1H3,(H2,21,25)(H,23,26)/t16-/m1/s1. The SMILES string of the molecule is Cn1ccnc1[C@H](NC(=O)c1ccc(C(N)=O)cc1)c1ccccc1F. The van der Waals surface area contributed by atoms with Crippen molar-refractivity contribution < 1.29 is 14.0 Å². The van der Waals surface area contributed by atoms with Crippen LogP contribution in [-0.4, -0.2) is 21.4 Å². The van der Waals surface area contributed by atoms with Crippen LogP contribution in [0.2, 0.25) is 0 Å². The van der Waals surface area contributed by atoms with Gasteiger partial charge in [-0.15, -0.1) is 0 Å². The van der Waals surface area contributed by atoms with Crippen LogP contribution in [-0.2, 0) is 7.05 Å². The number of imidazole rings is 1. The molecule has 1 aromatic heterocycles. The minimum absolute atomic E-state index is 0.302. The molecule has 2 amide bonds. The van der Waals surface area contributed by atoms with Gasteiger partial charge in [0.15, 0.2) is 0 Å². The monoisotopic (exact) mass is 352 g/mol. The second-order valence-corrected chi connectivity index (χ2v) is 5.77. The lowest BCUT2D eigenvalue weighted by atomic mass is 10.0. The summed E-state index contributed by atoms with van der Waals surface area (Å²) in [6.07, 6.45) is 3.30. The van der Waals surface area contributed by atoms with E-state index in [1.807, 2.05) is 0 Å². The molecular weight excluding hydrogens is 335 g/mol. The topological polar surface area (TPSA) is 90.0 Å². The molecule has 0 aliphatic carbocycles. The third-order valence-corrected chi connectivity index (χ3v) is 4.04. The molecular formula is C19H17FN4O2. The molecule has 2 aromatic carbocycles. The summed E-state index contributed by atoms with van der Waals surface area (Å²) in [7, 11) is 1.77. The van der Waals surface area contributed by atoms with Gasteiger partial charge >= 0.3 is 0 Å². The number of amides is 2. The Balaban J connectivity index is 1.93. The average Bonchev–Trinajstić information content (AvgIpc) is 3.06. The number of nitrogens with zero attached hydrogens (tertiary/aromatic N) is 2. The summed E-state index contributed by atoms with van der Waals surface area (Å²) in [5.74, 6) is -0.937. The first-order valence-corrected chi connectivity index (χ1v) is 7.89. The van der Waals surface area contributed by atoms with Gasteiger partial charge in [0.1, 0.15) is 17.7 Å². The summed E-state index contributed by atoms with van der Waals surface area (Å²) < 4.78 is 16.0. The number of carbonyl (C=O) groups is 2. The van der Waals surface area contributed by atoms with E-state index >= 15 is 0 Å². The largest absolute Gasteiger partial charge is 0.366 e. The zero-order valence-electron chi connectivity index (χ0n) is 14.0. The van der Waals surface area contributed by atoms with Crippen molar-refractivity contribution in [3.05, 3.63) is 89.3 Å². The number of aryl methyl sites for hydroxylation is 1. The Labute approximate surface area is 149 Å². The van der Waals surface area contributed by atoms with Gasteiger partial charge in [0.05, 0.1) is 0 Å². The summed E-state index contributed by atoms with van der Waals surface area (Å²) in [5, 5.41) is 2.80. The van der Waals surface area contributed by atoms with E-state index < -0.39 is 23.7 Å². The number of rotatable bonds is 5. The van der Waals surface area contributed by atoms with Crippen molar-refractivity contribution in [3.63, 3.8) is 0 Å². The molecule has 0 fully saturated rings. The molecule has 0 aliphatic heterocycles. The second-order valence-electron chi connectivity index (χ2n) is 5.77. The van der Waals surface area contributed by atoms with Crippen molar-refractivity contribution in [1.82, 2.24) is 14.9 Å². The number of nitrogens with two attached hydrogens (primary N) is 1. The normalized spacial score (nSPS) is 11.8. The summed E-state index contributed by atoms with van der Waals surface area (Å²) in [6.45, 7) is 0. The van der Waals surface area contributed by atoms with Gasteiger partial charge in [-0.25, -0.2) is 9.37 Å². The molecule has 1 heterocycles. The van der Waals surface area contributed by atoms with Crippen LogP contribution in [0.4, 0.5) is 4.39 Å². The Morgan fingerprint density at radius 2 is 1.77 bits per heavy atom. The van der Waals surface area contributed by atoms with Crippen LogP contribution < -0.4 is 11.1 Å². The minimum Gasteiger partial charge on any atom is -0.366 e. The van der Waals surface area contributed by atoms with E-state index in [1.54, 1.807) is 42.2 Å². The van der Waals surface area contributed by atoms with Crippen molar-refractivity contribution in [2.75, 3.05) is 0 Å². The molecule has 0 saturated heterocycles. The van der Waals surface area contributed by atoms with Crippen LogP contribution in [0.1, 0.15) is 38.1 Å². The van der Waals surface area contributed by atoms with Gasteiger partial charge in [0.2, 0.25) is 5.91 Å². The average molecular weight is 352 g/mol. The minimum atomic E-state index is -0.764. The molecule has 6 nitrogen and oxygen atoms in total. The smallest absolute Gasteiger partial charge is 0.252 e. The molecule has 0 aliphatic rings. The highest BCUT2D eigenvalue weighted by atomic mass is 19.1. The van der Waals surface area contributed by atoms with Crippen molar-refractivity contribution in [2.24, 2.45) is 12.8 Å².